The number of hydrogen-bond donors (Lipinski definition) is 0. The summed E-state index contributed by atoms with van der Waals surface area (Å²) in [6, 6.07) is 5.45. The van der Waals surface area contributed by atoms with Gasteiger partial charge in [-0.05, 0) is 50.1 Å². The second-order valence-corrected chi connectivity index (χ2v) is 9.42. The summed E-state index contributed by atoms with van der Waals surface area (Å²) in [6.45, 7) is 5.76. The summed E-state index contributed by atoms with van der Waals surface area (Å²) in [7, 11) is 1.74. The van der Waals surface area contributed by atoms with Crippen LogP contribution in [0.5, 0.6) is 5.88 Å². The number of aromatic nitrogens is 3. The van der Waals surface area contributed by atoms with Crippen LogP contribution in [-0.4, -0.2) is 39.1 Å². The van der Waals surface area contributed by atoms with E-state index in [-0.39, 0.29) is 23.4 Å². The van der Waals surface area contributed by atoms with E-state index < -0.39 is 17.6 Å². The Morgan fingerprint density at radius 3 is 2.75 bits per heavy atom. The van der Waals surface area contributed by atoms with Crippen molar-refractivity contribution < 1.29 is 22.7 Å². The quantitative estimate of drug-likeness (QED) is 0.552. The van der Waals surface area contributed by atoms with Gasteiger partial charge in [0.2, 0.25) is 5.88 Å². The summed E-state index contributed by atoms with van der Waals surface area (Å²) < 4.78 is 47.2. The molecule has 6 nitrogen and oxygen atoms in total. The van der Waals surface area contributed by atoms with Gasteiger partial charge in [0.05, 0.1) is 16.6 Å². The Bertz CT molecular complexity index is 1190. The first-order chi connectivity index (χ1) is 15.0. The van der Waals surface area contributed by atoms with Gasteiger partial charge in [-0.25, -0.2) is 9.67 Å². The van der Waals surface area contributed by atoms with Crippen molar-refractivity contribution >= 4 is 34.4 Å². The number of thioether (sulfide) groups is 1. The third-order valence-electron chi connectivity index (χ3n) is 5.38. The number of anilines is 1. The second kappa shape index (κ2) is 8.31. The Morgan fingerprint density at radius 1 is 1.28 bits per heavy atom. The van der Waals surface area contributed by atoms with Crippen LogP contribution in [0.15, 0.2) is 29.2 Å². The van der Waals surface area contributed by atoms with Gasteiger partial charge in [0.1, 0.15) is 0 Å². The molecule has 3 heterocycles. The lowest BCUT2D eigenvalue weighted by atomic mass is 10.1. The van der Waals surface area contributed by atoms with Gasteiger partial charge in [0.15, 0.2) is 12.3 Å². The summed E-state index contributed by atoms with van der Waals surface area (Å²) >= 11 is 1.47. The summed E-state index contributed by atoms with van der Waals surface area (Å²) in [5, 5.41) is 5.22. The molecule has 0 spiro atoms. The molecule has 0 bridgehead atoms. The van der Waals surface area contributed by atoms with E-state index in [2.05, 4.69) is 10.1 Å². The lowest BCUT2D eigenvalue weighted by molar-refractivity contribution is -0.137. The predicted molar refractivity (Wildman–Crippen MR) is 117 cm³/mol. The maximum atomic E-state index is 13.3. The van der Waals surface area contributed by atoms with Gasteiger partial charge >= 0.3 is 6.18 Å². The van der Waals surface area contributed by atoms with Crippen molar-refractivity contribution in [3.63, 3.8) is 0 Å². The van der Waals surface area contributed by atoms with Crippen LogP contribution in [0.3, 0.4) is 0 Å². The third kappa shape index (κ3) is 4.28. The molecule has 1 aromatic carbocycles. The number of rotatable bonds is 3. The molecule has 2 aromatic heterocycles. The number of pyridine rings is 1. The molecule has 0 fully saturated rings. The molecule has 3 aromatic rings. The van der Waals surface area contributed by atoms with Crippen LogP contribution in [0.1, 0.15) is 30.2 Å². The van der Waals surface area contributed by atoms with Gasteiger partial charge in [-0.15, -0.1) is 16.9 Å². The predicted octanol–water partition coefficient (Wildman–Crippen LogP) is 4.90. The minimum absolute atomic E-state index is 0.168. The summed E-state index contributed by atoms with van der Waals surface area (Å²) in [5.74, 6) is -0.139. The number of ether oxygens (including phenoxy) is 1. The van der Waals surface area contributed by atoms with Crippen molar-refractivity contribution in [2.24, 2.45) is 7.05 Å². The highest BCUT2D eigenvalue weighted by atomic mass is 32.2. The van der Waals surface area contributed by atoms with Crippen LogP contribution in [0.25, 0.3) is 11.0 Å². The minimum atomic E-state index is -4.49. The number of amides is 1. The molecule has 32 heavy (non-hydrogen) atoms. The summed E-state index contributed by atoms with van der Waals surface area (Å²) in [6.07, 6.45) is -3.83. The van der Waals surface area contributed by atoms with Crippen molar-refractivity contribution in [1.29, 1.82) is 0 Å². The molecule has 0 saturated heterocycles. The molecule has 1 aliphatic rings. The number of fused-ring (bicyclic) bond motifs is 2. The van der Waals surface area contributed by atoms with Gasteiger partial charge in [-0.3, -0.25) is 4.79 Å². The Labute approximate surface area is 187 Å². The van der Waals surface area contributed by atoms with Crippen LogP contribution >= 0.6 is 11.8 Å². The lowest BCUT2D eigenvalue weighted by Gasteiger charge is -2.23. The molecule has 0 aliphatic carbocycles. The van der Waals surface area contributed by atoms with E-state index in [1.165, 1.54) is 22.7 Å². The first-order valence-electron chi connectivity index (χ1n) is 10.2. The molecule has 1 amide bonds. The van der Waals surface area contributed by atoms with Gasteiger partial charge in [0, 0.05) is 29.4 Å². The molecule has 0 N–H and O–H groups in total. The van der Waals surface area contributed by atoms with Crippen molar-refractivity contribution in [3.05, 3.63) is 41.1 Å². The topological polar surface area (TPSA) is 60.2 Å². The molecule has 1 atom stereocenters. The zero-order valence-electron chi connectivity index (χ0n) is 18.2. The van der Waals surface area contributed by atoms with E-state index in [0.717, 1.165) is 23.4 Å². The van der Waals surface area contributed by atoms with E-state index >= 15 is 0 Å². The maximum Gasteiger partial charge on any atom is 0.416 e. The third-order valence-corrected chi connectivity index (χ3v) is 6.62. The second-order valence-electron chi connectivity index (χ2n) is 7.94. The molecule has 0 radical (unpaired) electrons. The van der Waals surface area contributed by atoms with Crippen LogP contribution in [0.2, 0.25) is 0 Å². The van der Waals surface area contributed by atoms with Crippen LogP contribution in [0, 0.1) is 13.8 Å². The Morgan fingerprint density at radius 2 is 2.03 bits per heavy atom. The Kier molecular flexibility index (Phi) is 5.83. The number of halogens is 3. The van der Waals surface area contributed by atoms with Crippen LogP contribution < -0.4 is 9.64 Å². The molecular weight excluding hydrogens is 441 g/mol. The monoisotopic (exact) mass is 464 g/mol. The number of hydrogen-bond acceptors (Lipinski definition) is 5. The normalized spacial score (nSPS) is 16.7. The zero-order chi connectivity index (χ0) is 23.2. The van der Waals surface area contributed by atoms with Crippen molar-refractivity contribution in [2.75, 3.05) is 18.1 Å². The fourth-order valence-corrected chi connectivity index (χ4v) is 4.92. The number of alkyl halides is 3. The Balaban J connectivity index is 1.62. The smallest absolute Gasteiger partial charge is 0.416 e. The van der Waals surface area contributed by atoms with Gasteiger partial charge < -0.3 is 9.64 Å². The number of nitrogens with zero attached hydrogens (tertiary/aromatic N) is 4. The molecule has 1 unspecified atom stereocenters. The van der Waals surface area contributed by atoms with Crippen LogP contribution in [0.4, 0.5) is 18.9 Å². The number of carbonyl (C=O) groups excluding carboxylic acids is 1. The average molecular weight is 465 g/mol. The molecule has 4 rings (SSSR count). The van der Waals surface area contributed by atoms with Crippen molar-refractivity contribution in [1.82, 2.24) is 14.8 Å². The van der Waals surface area contributed by atoms with E-state index in [9.17, 15) is 18.0 Å². The SMILES string of the molecule is Cc1cc(C)c2c(OCC(=O)N3CCC(C)Sc4ccc(C(F)(F)F)cc43)nn(C)c2n1. The Hall–Kier alpha value is -2.75. The van der Waals surface area contributed by atoms with Gasteiger partial charge in [-0.1, -0.05) is 6.92 Å². The van der Waals surface area contributed by atoms with Crippen LogP contribution in [-0.2, 0) is 18.0 Å². The van der Waals surface area contributed by atoms with E-state index in [1.54, 1.807) is 11.7 Å². The van der Waals surface area contributed by atoms with Gasteiger partial charge in [0.25, 0.3) is 5.91 Å². The fraction of sp³-hybridized carbons (Fsp3) is 0.409. The van der Waals surface area contributed by atoms with E-state index in [0.29, 0.717) is 28.9 Å². The first kappa shape index (κ1) is 22.4. The van der Waals surface area contributed by atoms with E-state index in [1.807, 2.05) is 26.8 Å². The van der Waals surface area contributed by atoms with Gasteiger partial charge in [-0.2, -0.15) is 13.2 Å². The summed E-state index contributed by atoms with van der Waals surface area (Å²) in [5.41, 5.74) is 1.89. The van der Waals surface area contributed by atoms with E-state index in [4.69, 9.17) is 4.74 Å². The minimum Gasteiger partial charge on any atom is -0.466 e. The lowest BCUT2D eigenvalue weighted by Crippen LogP contribution is -2.36. The molecule has 0 saturated carbocycles. The number of aryl methyl sites for hydroxylation is 3. The first-order valence-corrected chi connectivity index (χ1v) is 11.0. The standard InChI is InChI=1S/C22H23F3N4O2S/c1-12-9-13(2)26-20-19(12)21(27-28(20)4)31-11-18(30)29-8-7-14(3)32-17-6-5-15(10-16(17)29)22(23,24)25/h5-6,9-10,14H,7-8,11H2,1-4H3. The average Bonchev–Trinajstić information content (AvgIpc) is 2.91. The molecular formula is C22H23F3N4O2S. The molecule has 170 valence electrons. The van der Waals surface area contributed by atoms with Crippen molar-refractivity contribution in [3.8, 4) is 5.88 Å². The highest BCUT2D eigenvalue weighted by Gasteiger charge is 2.33. The summed E-state index contributed by atoms with van der Waals surface area (Å²) in [4.78, 5) is 19.6. The maximum absolute atomic E-state index is 13.3. The fourth-order valence-electron chi connectivity index (χ4n) is 3.83. The highest BCUT2D eigenvalue weighted by molar-refractivity contribution is 8.00. The highest BCUT2D eigenvalue weighted by Crippen LogP contribution is 2.41. The molecule has 1 aliphatic heterocycles. The molecule has 10 heteroatoms. The van der Waals surface area contributed by atoms with Crippen molar-refractivity contribution in [2.45, 2.75) is 43.5 Å². The number of carbonyl (C=O) groups is 1. The zero-order valence-corrected chi connectivity index (χ0v) is 19.0. The number of benzene rings is 1. The largest absolute Gasteiger partial charge is 0.466 e.